The van der Waals surface area contributed by atoms with Crippen molar-refractivity contribution in [1.82, 2.24) is 4.98 Å². The van der Waals surface area contributed by atoms with Crippen molar-refractivity contribution in [2.24, 2.45) is 5.73 Å². The third-order valence-electron chi connectivity index (χ3n) is 2.21. The summed E-state index contributed by atoms with van der Waals surface area (Å²) in [6.45, 7) is 3.50. The third-order valence-corrected chi connectivity index (χ3v) is 2.21. The topological polar surface area (TPSA) is 68.4 Å². The number of nitrogens with zero attached hydrogens (tertiary/aromatic N) is 1. The second kappa shape index (κ2) is 3.94. The van der Waals surface area contributed by atoms with Crippen LogP contribution in [-0.4, -0.2) is 23.8 Å². The molecule has 1 heterocycles. The molecule has 0 bridgehead atoms. The van der Waals surface area contributed by atoms with Crippen molar-refractivity contribution < 1.29 is 9.84 Å². The fraction of sp³-hybridized carbons (Fsp3) is 0.500. The number of methoxy groups -OCH3 is 1. The van der Waals surface area contributed by atoms with Crippen molar-refractivity contribution >= 4 is 0 Å². The molecular formula is C10H16N2O2. The maximum absolute atomic E-state index is 9.11. The number of aromatic nitrogens is 1. The van der Waals surface area contributed by atoms with Crippen LogP contribution >= 0.6 is 0 Å². The van der Waals surface area contributed by atoms with Crippen LogP contribution in [-0.2, 0) is 5.54 Å². The molecule has 0 saturated heterocycles. The van der Waals surface area contributed by atoms with Crippen LogP contribution in [0.15, 0.2) is 12.1 Å². The first kappa shape index (κ1) is 10.9. The molecule has 0 aliphatic carbocycles. The van der Waals surface area contributed by atoms with Gasteiger partial charge in [0.2, 0.25) is 5.88 Å². The highest BCUT2D eigenvalue weighted by molar-refractivity contribution is 5.30. The third kappa shape index (κ3) is 2.02. The molecule has 1 rings (SSSR count). The number of pyridine rings is 1. The number of rotatable bonds is 3. The van der Waals surface area contributed by atoms with Crippen LogP contribution < -0.4 is 10.5 Å². The van der Waals surface area contributed by atoms with E-state index < -0.39 is 5.54 Å². The first-order chi connectivity index (χ1) is 6.51. The van der Waals surface area contributed by atoms with Crippen molar-refractivity contribution in [3.8, 4) is 5.88 Å². The van der Waals surface area contributed by atoms with Gasteiger partial charge in [-0.2, -0.15) is 0 Å². The quantitative estimate of drug-likeness (QED) is 0.741. The summed E-state index contributed by atoms with van der Waals surface area (Å²) in [4.78, 5) is 4.19. The van der Waals surface area contributed by atoms with Gasteiger partial charge >= 0.3 is 0 Å². The van der Waals surface area contributed by atoms with Crippen LogP contribution in [0, 0.1) is 6.92 Å². The molecule has 0 aliphatic heterocycles. The molecule has 0 spiro atoms. The normalized spacial score (nSPS) is 14.9. The van der Waals surface area contributed by atoms with E-state index in [1.807, 2.05) is 13.0 Å². The molecule has 0 unspecified atom stereocenters. The molecule has 0 aromatic carbocycles. The fourth-order valence-corrected chi connectivity index (χ4v) is 1.34. The molecule has 0 fully saturated rings. The second-order valence-electron chi connectivity index (χ2n) is 3.56. The first-order valence-electron chi connectivity index (χ1n) is 4.43. The van der Waals surface area contributed by atoms with Crippen LogP contribution in [0.1, 0.15) is 18.2 Å². The number of nitrogens with two attached hydrogens (primary N) is 1. The van der Waals surface area contributed by atoms with Gasteiger partial charge in [0.25, 0.3) is 0 Å². The van der Waals surface area contributed by atoms with Gasteiger partial charge in [-0.3, -0.25) is 0 Å². The minimum Gasteiger partial charge on any atom is -0.481 e. The largest absolute Gasteiger partial charge is 0.481 e. The minimum absolute atomic E-state index is 0.109. The number of hydrogen-bond acceptors (Lipinski definition) is 4. The van der Waals surface area contributed by atoms with Gasteiger partial charge in [0.1, 0.15) is 0 Å². The number of aliphatic hydroxyl groups is 1. The molecule has 0 radical (unpaired) electrons. The van der Waals surface area contributed by atoms with Gasteiger partial charge < -0.3 is 15.6 Å². The Morgan fingerprint density at radius 2 is 2.21 bits per heavy atom. The molecule has 3 N–H and O–H groups in total. The van der Waals surface area contributed by atoms with E-state index >= 15 is 0 Å². The Kier molecular flexibility index (Phi) is 3.08. The monoisotopic (exact) mass is 196 g/mol. The van der Waals surface area contributed by atoms with Crippen LogP contribution in [0.5, 0.6) is 5.88 Å². The molecule has 78 valence electrons. The predicted molar refractivity (Wildman–Crippen MR) is 54.2 cm³/mol. The zero-order valence-corrected chi connectivity index (χ0v) is 8.74. The van der Waals surface area contributed by atoms with Gasteiger partial charge in [0.15, 0.2) is 0 Å². The maximum Gasteiger partial charge on any atom is 0.213 e. The standard InChI is InChI=1S/C10H16N2O2/c1-7-8(10(2,11)6-13)4-5-9(12-7)14-3/h4-5,13H,6,11H2,1-3H3/t10-/m0/s1. The Morgan fingerprint density at radius 3 is 2.64 bits per heavy atom. The Balaban J connectivity index is 3.12. The first-order valence-corrected chi connectivity index (χ1v) is 4.43. The number of ether oxygens (including phenoxy) is 1. The summed E-state index contributed by atoms with van der Waals surface area (Å²) < 4.78 is 4.98. The highest BCUT2D eigenvalue weighted by Crippen LogP contribution is 2.21. The van der Waals surface area contributed by atoms with Gasteiger partial charge in [0, 0.05) is 11.8 Å². The van der Waals surface area contributed by atoms with E-state index in [2.05, 4.69) is 4.98 Å². The van der Waals surface area contributed by atoms with E-state index in [1.54, 1.807) is 20.1 Å². The predicted octanol–water partition coefficient (Wildman–Crippen LogP) is 0.565. The summed E-state index contributed by atoms with van der Waals surface area (Å²) in [6, 6.07) is 3.57. The van der Waals surface area contributed by atoms with Crippen molar-refractivity contribution in [3.05, 3.63) is 23.4 Å². The summed E-state index contributed by atoms with van der Waals surface area (Å²) in [7, 11) is 1.56. The molecule has 4 nitrogen and oxygen atoms in total. The Morgan fingerprint density at radius 1 is 1.57 bits per heavy atom. The van der Waals surface area contributed by atoms with E-state index in [0.717, 1.165) is 11.3 Å². The van der Waals surface area contributed by atoms with Crippen LogP contribution in [0.2, 0.25) is 0 Å². The average molecular weight is 196 g/mol. The molecule has 1 aromatic heterocycles. The number of aryl methyl sites for hydroxylation is 1. The van der Waals surface area contributed by atoms with E-state index in [-0.39, 0.29) is 6.61 Å². The smallest absolute Gasteiger partial charge is 0.213 e. The summed E-state index contributed by atoms with van der Waals surface area (Å²) in [5.41, 5.74) is 6.77. The molecule has 1 atom stereocenters. The lowest BCUT2D eigenvalue weighted by Gasteiger charge is -2.23. The SMILES string of the molecule is COc1ccc([C@@](C)(N)CO)c(C)n1. The van der Waals surface area contributed by atoms with E-state index in [1.165, 1.54) is 0 Å². The van der Waals surface area contributed by atoms with E-state index in [9.17, 15) is 0 Å². The van der Waals surface area contributed by atoms with Gasteiger partial charge in [-0.25, -0.2) is 4.98 Å². The van der Waals surface area contributed by atoms with Crippen LogP contribution in [0.4, 0.5) is 0 Å². The molecule has 4 heteroatoms. The van der Waals surface area contributed by atoms with Crippen molar-refractivity contribution in [2.75, 3.05) is 13.7 Å². The summed E-state index contributed by atoms with van der Waals surface area (Å²) in [5, 5.41) is 9.11. The van der Waals surface area contributed by atoms with Crippen LogP contribution in [0.25, 0.3) is 0 Å². The Labute approximate surface area is 83.7 Å². The summed E-state index contributed by atoms with van der Waals surface area (Å²) in [5.74, 6) is 0.556. The maximum atomic E-state index is 9.11. The summed E-state index contributed by atoms with van der Waals surface area (Å²) >= 11 is 0. The van der Waals surface area contributed by atoms with E-state index in [4.69, 9.17) is 15.6 Å². The minimum atomic E-state index is -0.747. The average Bonchev–Trinajstić information content (AvgIpc) is 2.17. The van der Waals surface area contributed by atoms with Crippen molar-refractivity contribution in [2.45, 2.75) is 19.4 Å². The molecule has 14 heavy (non-hydrogen) atoms. The second-order valence-corrected chi connectivity index (χ2v) is 3.56. The van der Waals surface area contributed by atoms with Gasteiger partial charge in [-0.1, -0.05) is 0 Å². The Bertz CT molecular complexity index is 324. The van der Waals surface area contributed by atoms with Gasteiger partial charge in [-0.15, -0.1) is 0 Å². The van der Waals surface area contributed by atoms with Crippen molar-refractivity contribution in [3.63, 3.8) is 0 Å². The summed E-state index contributed by atoms with van der Waals surface area (Å²) in [6.07, 6.45) is 0. The van der Waals surface area contributed by atoms with Crippen LogP contribution in [0.3, 0.4) is 0 Å². The highest BCUT2D eigenvalue weighted by Gasteiger charge is 2.22. The highest BCUT2D eigenvalue weighted by atomic mass is 16.5. The van der Waals surface area contributed by atoms with E-state index in [0.29, 0.717) is 5.88 Å². The fourth-order valence-electron chi connectivity index (χ4n) is 1.34. The zero-order chi connectivity index (χ0) is 10.8. The lowest BCUT2D eigenvalue weighted by Crippen LogP contribution is -2.37. The molecule has 0 aliphatic rings. The number of hydrogen-bond donors (Lipinski definition) is 2. The van der Waals surface area contributed by atoms with Crippen molar-refractivity contribution in [1.29, 1.82) is 0 Å². The number of aliphatic hydroxyl groups excluding tert-OH is 1. The molecule has 1 aromatic rings. The lowest BCUT2D eigenvalue weighted by molar-refractivity contribution is 0.209. The zero-order valence-electron chi connectivity index (χ0n) is 8.74. The molecule has 0 amide bonds. The van der Waals surface area contributed by atoms with Gasteiger partial charge in [0.05, 0.1) is 19.3 Å². The Hall–Kier alpha value is -1.13. The molecule has 0 saturated carbocycles. The lowest BCUT2D eigenvalue weighted by atomic mass is 9.93. The van der Waals surface area contributed by atoms with Gasteiger partial charge in [-0.05, 0) is 25.5 Å². The molecular weight excluding hydrogens is 180 g/mol.